The maximum atomic E-state index is 13.3. The van der Waals surface area contributed by atoms with E-state index in [0.717, 1.165) is 13.2 Å². The van der Waals surface area contributed by atoms with Crippen LogP contribution in [0.15, 0.2) is 132 Å². The van der Waals surface area contributed by atoms with Gasteiger partial charge in [-0.1, -0.05) is 0 Å². The molecular weight excluding hydrogens is 1010 g/mol. The van der Waals surface area contributed by atoms with Gasteiger partial charge in [-0.3, -0.25) is 24.4 Å². The third-order valence-electron chi connectivity index (χ3n) is 11.0. The van der Waals surface area contributed by atoms with Crippen LogP contribution >= 0.6 is 0 Å². The fourth-order valence-electron chi connectivity index (χ4n) is 7.13. The Labute approximate surface area is 445 Å². The first-order valence-corrected chi connectivity index (χ1v) is 25.8. The molecule has 0 unspecified atom stereocenters. The monoisotopic (exact) mass is 1060 g/mol. The van der Waals surface area contributed by atoms with E-state index in [1.165, 1.54) is 93.5 Å². The normalized spacial score (nSPS) is 12.0. The van der Waals surface area contributed by atoms with Crippen molar-refractivity contribution in [3.63, 3.8) is 0 Å². The maximum absolute atomic E-state index is 13.3. The number of ether oxygens (including phenoxy) is 2. The molecule has 75 heavy (non-hydrogen) atoms. The molecule has 1 saturated heterocycles. The number of esters is 1. The summed E-state index contributed by atoms with van der Waals surface area (Å²) in [6, 6.07) is 17.5. The summed E-state index contributed by atoms with van der Waals surface area (Å²) < 4.78 is 88.5. The Morgan fingerprint density at radius 2 is 1.12 bits per heavy atom. The average molecular weight is 1060 g/mol. The largest absolute Gasteiger partial charge is 1.00 e. The Balaban J connectivity index is 0.000000290. The number of nitrogens with one attached hydrogen (secondary N) is 2. The first-order valence-electron chi connectivity index (χ1n) is 22.5. The molecule has 1 aliphatic heterocycles. The molecule has 20 nitrogen and oxygen atoms in total. The number of methoxy groups -OCH3 is 1. The zero-order chi connectivity index (χ0) is 52.0. The number of benzene rings is 2. The van der Waals surface area contributed by atoms with Gasteiger partial charge in [-0.15, -0.1) is 0 Å². The summed E-state index contributed by atoms with van der Waals surface area (Å²) in [6.45, 7) is 1.88. The molecule has 9 rings (SSSR count). The van der Waals surface area contributed by atoms with E-state index >= 15 is 0 Å². The van der Waals surface area contributed by atoms with E-state index in [0.29, 0.717) is 49.9 Å². The summed E-state index contributed by atoms with van der Waals surface area (Å²) >= 11 is 0. The van der Waals surface area contributed by atoms with Crippen LogP contribution in [0, 0.1) is 11.6 Å². The number of fused-ring (bicyclic) bond motifs is 2. The van der Waals surface area contributed by atoms with Crippen molar-refractivity contribution < 1.29 is 74.9 Å². The van der Waals surface area contributed by atoms with Gasteiger partial charge in [0.15, 0.2) is 29.7 Å². The van der Waals surface area contributed by atoms with Gasteiger partial charge in [0.05, 0.1) is 83.4 Å². The number of rotatable bonds is 16. The van der Waals surface area contributed by atoms with Crippen LogP contribution < -0.4 is 29.5 Å². The molecule has 2 amide bonds. The molecule has 7 heterocycles. The van der Waals surface area contributed by atoms with E-state index < -0.39 is 43.2 Å². The summed E-state index contributed by atoms with van der Waals surface area (Å²) in [4.78, 5) is 53.1. The molecule has 3 N–H and O–H groups in total. The molecule has 8 aromatic rings. The van der Waals surface area contributed by atoms with Crippen molar-refractivity contribution in [2.24, 2.45) is 0 Å². The Kier molecular flexibility index (Phi) is 21.4. The minimum Gasteiger partial charge on any atom is -1.00 e. The van der Waals surface area contributed by atoms with Crippen molar-refractivity contribution in [3.8, 4) is 11.4 Å². The van der Waals surface area contributed by atoms with Crippen LogP contribution in [0.3, 0.4) is 0 Å². The first-order chi connectivity index (χ1) is 35.2. The number of pyridine rings is 4. The minimum absolute atomic E-state index is 0. The van der Waals surface area contributed by atoms with E-state index in [1.54, 1.807) is 58.2 Å². The number of aliphatic hydroxyl groups is 1. The molecule has 6 aromatic heterocycles. The van der Waals surface area contributed by atoms with Gasteiger partial charge in [0.1, 0.15) is 11.6 Å². The van der Waals surface area contributed by atoms with Gasteiger partial charge in [0.2, 0.25) is 0 Å². The smallest absolute Gasteiger partial charge is 1.00 e. The van der Waals surface area contributed by atoms with Gasteiger partial charge >= 0.3 is 24.8 Å². The number of aromatic nitrogens is 8. The van der Waals surface area contributed by atoms with E-state index in [1.807, 2.05) is 0 Å². The fourth-order valence-corrected chi connectivity index (χ4v) is 9.60. The molecule has 0 spiro atoms. The molecular formula is C49H49BF2LiN10O10S2. The molecule has 26 heteroatoms. The molecule has 3 radical (unpaired) electrons. The summed E-state index contributed by atoms with van der Waals surface area (Å²) in [7, 11) is -6.24. The van der Waals surface area contributed by atoms with Crippen LogP contribution in [-0.4, -0.2) is 126 Å². The molecule has 0 atom stereocenters. The molecule has 0 saturated carbocycles. The number of aliphatic hydroxyl groups excluding tert-OH is 1. The number of halogens is 2. The second kappa shape index (κ2) is 27.3. The third kappa shape index (κ3) is 15.4. The zero-order valence-electron chi connectivity index (χ0n) is 41.7. The molecule has 0 aliphatic carbocycles. The predicted octanol–water partition coefficient (Wildman–Crippen LogP) is 1.79. The van der Waals surface area contributed by atoms with Crippen LogP contribution in [0.25, 0.3) is 33.2 Å². The van der Waals surface area contributed by atoms with E-state index in [4.69, 9.17) is 9.84 Å². The molecule has 0 bridgehead atoms. The van der Waals surface area contributed by atoms with E-state index in [-0.39, 0.29) is 94.2 Å². The van der Waals surface area contributed by atoms with E-state index in [9.17, 15) is 40.0 Å². The van der Waals surface area contributed by atoms with Crippen LogP contribution in [0.5, 0.6) is 0 Å². The Hall–Kier alpha value is -7.27. The second-order valence-corrected chi connectivity index (χ2v) is 20.1. The van der Waals surface area contributed by atoms with Gasteiger partial charge < -0.3 is 26.6 Å². The van der Waals surface area contributed by atoms with Crippen LogP contribution in [-0.2, 0) is 47.0 Å². The van der Waals surface area contributed by atoms with Gasteiger partial charge in [-0.2, -0.15) is 10.2 Å². The van der Waals surface area contributed by atoms with Crippen LogP contribution in [0.2, 0.25) is 0 Å². The van der Waals surface area contributed by atoms with Gasteiger partial charge in [-0.25, -0.2) is 44.9 Å². The number of hydrogen-bond acceptors (Lipinski definition) is 16. The zero-order valence-corrected chi connectivity index (χ0v) is 42.3. The number of carbonyl (C=O) groups excluding carboxylic acids is 3. The standard InChI is InChI=1S/C23H20FN5O5S.C22H20FN5O4S.C4H8O.B.Li.H/c1-34-22(30)7-9-35(32,33)21-10-15(6-8-26-21)11-27-23(31)19-12-25-14-20-18(19)13-28-29(20)17-4-2-16(24)3-5-17;23-16-2-4-17(5-3-16)28-20-14-24-12-19(18(20)13-27-28)22(30)26-11-15-6-7-25-21(10-15)33(31,32)9-1-8-29;1-2-4-5-3-1;;;/h2-6,8,10,12-14H,7,9,11H2,1H3,(H,27,31);2-7,10,12-14,29H,1,8-9,11H2,(H,26,30);1-4H2;;;/q;;;;+1;-1. The Morgan fingerprint density at radius 3 is 1.52 bits per heavy atom. The Morgan fingerprint density at radius 1 is 0.680 bits per heavy atom. The summed E-state index contributed by atoms with van der Waals surface area (Å²) in [6.07, 6.45) is 14.1. The van der Waals surface area contributed by atoms with Crippen LogP contribution in [0.1, 0.15) is 59.0 Å². The molecule has 1 fully saturated rings. The second-order valence-electron chi connectivity index (χ2n) is 16.0. The topological polar surface area (TPSA) is 269 Å². The quantitative estimate of drug-likeness (QED) is 0.0920. The minimum atomic E-state index is -3.80. The Bertz CT molecular complexity index is 3460. The maximum Gasteiger partial charge on any atom is 1.00 e. The summed E-state index contributed by atoms with van der Waals surface area (Å²) in [5.41, 5.74) is 4.01. The van der Waals surface area contributed by atoms with Crippen molar-refractivity contribution in [2.75, 3.05) is 38.4 Å². The summed E-state index contributed by atoms with van der Waals surface area (Å²) in [5.74, 6) is -2.87. The van der Waals surface area contributed by atoms with Crippen molar-refractivity contribution in [3.05, 3.63) is 156 Å². The summed E-state index contributed by atoms with van der Waals surface area (Å²) in [5, 5.41) is 23.8. The molecule has 1 aliphatic rings. The number of amides is 2. The molecule has 385 valence electrons. The van der Waals surface area contributed by atoms with Gasteiger partial charge in [0, 0.05) is 76.9 Å². The third-order valence-corrected chi connectivity index (χ3v) is 14.3. The number of sulfone groups is 2. The van der Waals surface area contributed by atoms with Crippen molar-refractivity contribution in [1.29, 1.82) is 0 Å². The van der Waals surface area contributed by atoms with Gasteiger partial charge in [-0.05, 0) is 103 Å². The SMILES string of the molecule is C1CCOC1.COC(=O)CCS(=O)(=O)c1cc(CNC(=O)c2cncc3c2cnn3-c2ccc(F)cc2)ccn1.O=C(NCc1ccnc(S(=O)(=O)CCCO)c1)c1cncc2c1cnn2-c1ccc(F)cc1.[B].[H-].[Li+]. The number of hydrogen-bond donors (Lipinski definition) is 3. The number of nitrogens with zero attached hydrogens (tertiary/aromatic N) is 8. The first kappa shape index (κ1) is 58.6. The fraction of sp³-hybridized carbons (Fsp3) is 0.245. The van der Waals surface area contributed by atoms with Crippen molar-refractivity contribution in [1.82, 2.24) is 50.1 Å². The molecule has 2 aromatic carbocycles. The predicted molar refractivity (Wildman–Crippen MR) is 268 cm³/mol. The average Bonchev–Trinajstić information content (AvgIpc) is 4.23. The number of carbonyl (C=O) groups is 3. The van der Waals surface area contributed by atoms with E-state index in [2.05, 4.69) is 45.5 Å². The van der Waals surface area contributed by atoms with Gasteiger partial charge in [0.25, 0.3) is 11.8 Å². The van der Waals surface area contributed by atoms with Crippen molar-refractivity contribution in [2.45, 2.75) is 48.8 Å². The van der Waals surface area contributed by atoms with Crippen LogP contribution in [0.4, 0.5) is 8.78 Å². The van der Waals surface area contributed by atoms with Crippen molar-refractivity contribution >= 4 is 67.7 Å².